The molecule has 1 aliphatic rings. The SMILES string of the molecule is Cc1cc(N2CCC(N(C)C)C2)c(C#N)c(C)n1. The average molecular weight is 244 g/mol. The van der Waals surface area contributed by atoms with Gasteiger partial charge >= 0.3 is 0 Å². The number of aromatic nitrogens is 1. The van der Waals surface area contributed by atoms with Crippen LogP contribution in [0.15, 0.2) is 6.07 Å². The van der Waals surface area contributed by atoms with Crippen molar-refractivity contribution in [1.29, 1.82) is 5.26 Å². The minimum atomic E-state index is 0.574. The van der Waals surface area contributed by atoms with E-state index in [0.29, 0.717) is 6.04 Å². The Kier molecular flexibility index (Phi) is 3.53. The standard InChI is InChI=1S/C14H20N4/c1-10-7-14(13(8-15)11(2)16-10)18-6-5-12(9-18)17(3)4/h7,12H,5-6,9H2,1-4H3. The number of anilines is 1. The molecule has 0 bridgehead atoms. The number of nitrogens with zero attached hydrogens (tertiary/aromatic N) is 4. The van der Waals surface area contributed by atoms with E-state index >= 15 is 0 Å². The molecule has 2 heterocycles. The van der Waals surface area contributed by atoms with Gasteiger partial charge in [0.2, 0.25) is 0 Å². The van der Waals surface area contributed by atoms with Gasteiger partial charge in [-0.1, -0.05) is 0 Å². The van der Waals surface area contributed by atoms with Gasteiger partial charge in [0.1, 0.15) is 6.07 Å². The van der Waals surface area contributed by atoms with Crippen LogP contribution in [0, 0.1) is 25.2 Å². The Morgan fingerprint density at radius 2 is 2.17 bits per heavy atom. The average Bonchev–Trinajstić information content (AvgIpc) is 2.77. The van der Waals surface area contributed by atoms with E-state index < -0.39 is 0 Å². The number of nitriles is 1. The third-order valence-corrected chi connectivity index (χ3v) is 3.65. The lowest BCUT2D eigenvalue weighted by molar-refractivity contribution is 0.315. The van der Waals surface area contributed by atoms with Gasteiger partial charge in [0.15, 0.2) is 0 Å². The summed E-state index contributed by atoms with van der Waals surface area (Å²) in [5, 5.41) is 9.30. The fraction of sp³-hybridized carbons (Fsp3) is 0.571. The third-order valence-electron chi connectivity index (χ3n) is 3.65. The summed E-state index contributed by atoms with van der Waals surface area (Å²) in [5.41, 5.74) is 3.59. The zero-order chi connectivity index (χ0) is 13.3. The minimum absolute atomic E-state index is 0.574. The fourth-order valence-electron chi connectivity index (χ4n) is 2.58. The molecule has 0 spiro atoms. The van der Waals surface area contributed by atoms with Crippen molar-refractivity contribution in [1.82, 2.24) is 9.88 Å². The molecule has 0 aromatic carbocycles. The molecule has 96 valence electrons. The molecule has 0 amide bonds. The Bertz CT molecular complexity index is 487. The highest BCUT2D eigenvalue weighted by Gasteiger charge is 2.26. The normalized spacial score (nSPS) is 19.3. The summed E-state index contributed by atoms with van der Waals surface area (Å²) in [6.07, 6.45) is 1.15. The first-order valence-corrected chi connectivity index (χ1v) is 6.32. The smallest absolute Gasteiger partial charge is 0.103 e. The molecule has 1 atom stereocenters. The Balaban J connectivity index is 2.32. The number of hydrogen-bond donors (Lipinski definition) is 0. The van der Waals surface area contributed by atoms with Crippen LogP contribution < -0.4 is 4.90 Å². The number of likely N-dealkylation sites (N-methyl/N-ethyl adjacent to an activating group) is 1. The van der Waals surface area contributed by atoms with Crippen molar-refractivity contribution < 1.29 is 0 Å². The summed E-state index contributed by atoms with van der Waals surface area (Å²) in [7, 11) is 4.23. The first-order valence-electron chi connectivity index (χ1n) is 6.32. The highest BCUT2D eigenvalue weighted by Crippen LogP contribution is 2.27. The van der Waals surface area contributed by atoms with Crippen molar-refractivity contribution in [2.24, 2.45) is 0 Å². The predicted molar refractivity (Wildman–Crippen MR) is 72.7 cm³/mol. The molecular weight excluding hydrogens is 224 g/mol. The van der Waals surface area contributed by atoms with Crippen LogP contribution in [-0.2, 0) is 0 Å². The van der Waals surface area contributed by atoms with E-state index in [1.54, 1.807) is 0 Å². The largest absolute Gasteiger partial charge is 0.369 e. The lowest BCUT2D eigenvalue weighted by Crippen LogP contribution is -2.31. The monoisotopic (exact) mass is 244 g/mol. The van der Waals surface area contributed by atoms with E-state index in [2.05, 4.69) is 34.9 Å². The van der Waals surface area contributed by atoms with Gasteiger partial charge in [-0.3, -0.25) is 4.98 Å². The highest BCUT2D eigenvalue weighted by molar-refractivity contribution is 5.62. The molecule has 1 saturated heterocycles. The molecule has 4 nitrogen and oxygen atoms in total. The van der Waals surface area contributed by atoms with Crippen LogP contribution in [0.1, 0.15) is 23.4 Å². The van der Waals surface area contributed by atoms with Crippen LogP contribution in [0.3, 0.4) is 0 Å². The molecule has 1 aromatic heterocycles. The Hall–Kier alpha value is -1.60. The van der Waals surface area contributed by atoms with E-state index in [0.717, 1.165) is 42.1 Å². The van der Waals surface area contributed by atoms with Crippen LogP contribution in [0.4, 0.5) is 5.69 Å². The van der Waals surface area contributed by atoms with Gasteiger partial charge < -0.3 is 9.80 Å². The van der Waals surface area contributed by atoms with Crippen LogP contribution >= 0.6 is 0 Å². The van der Waals surface area contributed by atoms with E-state index in [-0.39, 0.29) is 0 Å². The number of hydrogen-bond acceptors (Lipinski definition) is 4. The van der Waals surface area contributed by atoms with Crippen molar-refractivity contribution in [2.45, 2.75) is 26.3 Å². The summed E-state index contributed by atoms with van der Waals surface area (Å²) < 4.78 is 0. The topological polar surface area (TPSA) is 43.2 Å². The Morgan fingerprint density at radius 3 is 2.72 bits per heavy atom. The molecule has 2 rings (SSSR count). The molecule has 0 aliphatic carbocycles. The van der Waals surface area contributed by atoms with Gasteiger partial charge in [0.05, 0.1) is 16.9 Å². The lowest BCUT2D eigenvalue weighted by Gasteiger charge is -2.23. The van der Waals surface area contributed by atoms with Gasteiger partial charge in [0.25, 0.3) is 0 Å². The predicted octanol–water partition coefficient (Wildman–Crippen LogP) is 1.71. The van der Waals surface area contributed by atoms with Crippen molar-refractivity contribution in [3.63, 3.8) is 0 Å². The minimum Gasteiger partial charge on any atom is -0.369 e. The maximum Gasteiger partial charge on any atom is 0.103 e. The maximum atomic E-state index is 9.30. The molecule has 0 radical (unpaired) electrons. The summed E-state index contributed by atoms with van der Waals surface area (Å²) in [4.78, 5) is 8.94. The van der Waals surface area contributed by atoms with Crippen LogP contribution in [-0.4, -0.2) is 43.1 Å². The second kappa shape index (κ2) is 4.95. The zero-order valence-electron chi connectivity index (χ0n) is 11.6. The Labute approximate surface area is 109 Å². The van der Waals surface area contributed by atoms with E-state index in [9.17, 15) is 5.26 Å². The second-order valence-electron chi connectivity index (χ2n) is 5.21. The van der Waals surface area contributed by atoms with Crippen LogP contribution in [0.2, 0.25) is 0 Å². The molecule has 18 heavy (non-hydrogen) atoms. The van der Waals surface area contributed by atoms with E-state index in [1.807, 2.05) is 19.9 Å². The molecule has 1 unspecified atom stereocenters. The van der Waals surface area contributed by atoms with E-state index in [1.165, 1.54) is 0 Å². The fourth-order valence-corrected chi connectivity index (χ4v) is 2.58. The van der Waals surface area contributed by atoms with Crippen molar-refractivity contribution >= 4 is 5.69 Å². The number of pyridine rings is 1. The van der Waals surface area contributed by atoms with Gasteiger partial charge in [-0.2, -0.15) is 5.26 Å². The summed E-state index contributed by atoms with van der Waals surface area (Å²) in [6, 6.07) is 4.90. The van der Waals surface area contributed by atoms with Crippen molar-refractivity contribution in [3.05, 3.63) is 23.0 Å². The molecule has 1 aliphatic heterocycles. The van der Waals surface area contributed by atoms with E-state index in [4.69, 9.17) is 0 Å². The van der Waals surface area contributed by atoms with Crippen molar-refractivity contribution in [2.75, 3.05) is 32.1 Å². The first kappa shape index (κ1) is 12.8. The first-order chi connectivity index (χ1) is 8.52. The quantitative estimate of drug-likeness (QED) is 0.794. The third kappa shape index (κ3) is 2.32. The molecule has 0 N–H and O–H groups in total. The second-order valence-corrected chi connectivity index (χ2v) is 5.21. The van der Waals surface area contributed by atoms with Crippen LogP contribution in [0.25, 0.3) is 0 Å². The molecule has 1 aromatic rings. The summed E-state index contributed by atoms with van der Waals surface area (Å²) in [6.45, 7) is 5.90. The molecule has 1 fully saturated rings. The summed E-state index contributed by atoms with van der Waals surface area (Å²) in [5.74, 6) is 0. The highest BCUT2D eigenvalue weighted by atomic mass is 15.2. The number of aryl methyl sites for hydroxylation is 2. The van der Waals surface area contributed by atoms with Crippen LogP contribution in [0.5, 0.6) is 0 Å². The lowest BCUT2D eigenvalue weighted by atomic mass is 10.1. The van der Waals surface area contributed by atoms with Gasteiger partial charge in [-0.25, -0.2) is 0 Å². The maximum absolute atomic E-state index is 9.30. The molecular formula is C14H20N4. The van der Waals surface area contributed by atoms with Gasteiger partial charge in [-0.15, -0.1) is 0 Å². The summed E-state index contributed by atoms with van der Waals surface area (Å²) >= 11 is 0. The number of rotatable bonds is 2. The molecule has 0 saturated carbocycles. The van der Waals surface area contributed by atoms with Gasteiger partial charge in [0, 0.05) is 24.8 Å². The van der Waals surface area contributed by atoms with Crippen molar-refractivity contribution in [3.8, 4) is 6.07 Å². The Morgan fingerprint density at radius 1 is 1.44 bits per heavy atom. The molecule has 4 heteroatoms. The van der Waals surface area contributed by atoms with Gasteiger partial charge in [-0.05, 0) is 40.4 Å². The zero-order valence-corrected chi connectivity index (χ0v) is 11.6.